The quantitative estimate of drug-likeness (QED) is 0.852. The summed E-state index contributed by atoms with van der Waals surface area (Å²) in [5.74, 6) is 0.935. The zero-order valence-electron chi connectivity index (χ0n) is 10.3. The minimum atomic E-state index is -0.572. The second-order valence-electron chi connectivity index (χ2n) is 3.81. The van der Waals surface area contributed by atoms with Crippen LogP contribution in [0.15, 0.2) is 36.4 Å². The maximum Gasteiger partial charge on any atom is 0.153 e. The molecule has 2 aromatic carbocycles. The van der Waals surface area contributed by atoms with Crippen LogP contribution in [0.4, 0.5) is 10.1 Å². The zero-order chi connectivity index (χ0) is 13.8. The van der Waals surface area contributed by atoms with Crippen LogP contribution in [-0.2, 0) is 0 Å². The van der Waals surface area contributed by atoms with Gasteiger partial charge in [0.1, 0.15) is 17.3 Å². The van der Waals surface area contributed by atoms with E-state index >= 15 is 0 Å². The van der Waals surface area contributed by atoms with E-state index in [4.69, 9.17) is 26.8 Å². The Hall–Kier alpha value is -1.94. The number of ether oxygens (including phenoxy) is 2. The minimum absolute atomic E-state index is 0.0310. The Morgan fingerprint density at radius 2 is 1.79 bits per heavy atom. The first-order chi connectivity index (χ1) is 9.10. The van der Waals surface area contributed by atoms with Crippen LogP contribution in [0.3, 0.4) is 0 Å². The van der Waals surface area contributed by atoms with Gasteiger partial charge < -0.3 is 15.2 Å². The van der Waals surface area contributed by atoms with Gasteiger partial charge in [-0.2, -0.15) is 0 Å². The summed E-state index contributed by atoms with van der Waals surface area (Å²) in [6.45, 7) is 2.50. The first kappa shape index (κ1) is 13.5. The highest BCUT2D eigenvalue weighted by Crippen LogP contribution is 2.32. The molecule has 0 aromatic heterocycles. The van der Waals surface area contributed by atoms with Crippen molar-refractivity contribution >= 4 is 17.3 Å². The molecule has 0 aliphatic heterocycles. The molecule has 0 heterocycles. The SMILES string of the molecule is CCOc1ccc(Oc2cc(F)c(Cl)cc2N)cc1. The van der Waals surface area contributed by atoms with Gasteiger partial charge in [0, 0.05) is 6.07 Å². The molecule has 0 aliphatic carbocycles. The Balaban J connectivity index is 2.19. The number of hydrogen-bond donors (Lipinski definition) is 1. The van der Waals surface area contributed by atoms with Crippen molar-refractivity contribution < 1.29 is 13.9 Å². The number of nitrogen functional groups attached to an aromatic ring is 1. The molecule has 0 atom stereocenters. The molecule has 0 amide bonds. The van der Waals surface area contributed by atoms with Gasteiger partial charge in [-0.25, -0.2) is 4.39 Å². The molecule has 0 unspecified atom stereocenters. The molecule has 3 nitrogen and oxygen atoms in total. The Morgan fingerprint density at radius 3 is 2.42 bits per heavy atom. The van der Waals surface area contributed by atoms with Crippen molar-refractivity contribution in [3.63, 3.8) is 0 Å². The largest absolute Gasteiger partial charge is 0.494 e. The van der Waals surface area contributed by atoms with Crippen LogP contribution >= 0.6 is 11.6 Å². The molecule has 0 radical (unpaired) electrons. The Kier molecular flexibility index (Phi) is 4.12. The molecule has 0 fully saturated rings. The molecular formula is C14H13ClFNO2. The van der Waals surface area contributed by atoms with Gasteiger partial charge in [-0.3, -0.25) is 0 Å². The topological polar surface area (TPSA) is 44.5 Å². The predicted octanol–water partition coefficient (Wildman–Crippen LogP) is 4.25. The predicted molar refractivity (Wildman–Crippen MR) is 73.5 cm³/mol. The molecule has 0 bridgehead atoms. The van der Waals surface area contributed by atoms with E-state index in [9.17, 15) is 4.39 Å². The summed E-state index contributed by atoms with van der Waals surface area (Å²) < 4.78 is 24.1. The van der Waals surface area contributed by atoms with Gasteiger partial charge in [0.25, 0.3) is 0 Å². The smallest absolute Gasteiger partial charge is 0.153 e. The summed E-state index contributed by atoms with van der Waals surface area (Å²) >= 11 is 5.62. The Morgan fingerprint density at radius 1 is 1.16 bits per heavy atom. The van der Waals surface area contributed by atoms with E-state index < -0.39 is 5.82 Å². The second-order valence-corrected chi connectivity index (χ2v) is 4.22. The van der Waals surface area contributed by atoms with Crippen molar-refractivity contribution in [2.24, 2.45) is 0 Å². The fourth-order valence-electron chi connectivity index (χ4n) is 1.53. The second kappa shape index (κ2) is 5.80. The van der Waals surface area contributed by atoms with E-state index in [0.29, 0.717) is 12.4 Å². The van der Waals surface area contributed by atoms with Crippen molar-refractivity contribution in [3.8, 4) is 17.2 Å². The van der Waals surface area contributed by atoms with E-state index in [2.05, 4.69) is 0 Å². The van der Waals surface area contributed by atoms with Crippen molar-refractivity contribution in [1.29, 1.82) is 0 Å². The zero-order valence-corrected chi connectivity index (χ0v) is 11.1. The summed E-state index contributed by atoms with van der Waals surface area (Å²) in [6.07, 6.45) is 0. The van der Waals surface area contributed by atoms with Gasteiger partial charge in [-0.05, 0) is 37.3 Å². The third kappa shape index (κ3) is 3.29. The molecule has 5 heteroatoms. The van der Waals surface area contributed by atoms with Gasteiger partial charge in [0.2, 0.25) is 0 Å². The fraction of sp³-hybridized carbons (Fsp3) is 0.143. The summed E-state index contributed by atoms with van der Waals surface area (Å²) in [5, 5.41) is -0.0310. The monoisotopic (exact) mass is 281 g/mol. The average molecular weight is 282 g/mol. The number of halogens is 2. The number of benzene rings is 2. The van der Waals surface area contributed by atoms with Crippen LogP contribution in [0.2, 0.25) is 5.02 Å². The van der Waals surface area contributed by atoms with Crippen LogP contribution in [0.1, 0.15) is 6.92 Å². The lowest BCUT2D eigenvalue weighted by Crippen LogP contribution is -1.94. The molecule has 19 heavy (non-hydrogen) atoms. The third-order valence-corrected chi connectivity index (χ3v) is 2.70. The van der Waals surface area contributed by atoms with Crippen LogP contribution in [-0.4, -0.2) is 6.61 Å². The maximum absolute atomic E-state index is 13.3. The lowest BCUT2D eigenvalue weighted by molar-refractivity contribution is 0.339. The number of nitrogens with two attached hydrogens (primary N) is 1. The first-order valence-corrected chi connectivity index (χ1v) is 6.13. The Labute approximate surface area is 115 Å². The minimum Gasteiger partial charge on any atom is -0.494 e. The van der Waals surface area contributed by atoms with Gasteiger partial charge in [0.05, 0.1) is 17.3 Å². The molecule has 0 spiro atoms. The third-order valence-electron chi connectivity index (χ3n) is 2.42. The summed E-state index contributed by atoms with van der Waals surface area (Å²) in [7, 11) is 0. The summed E-state index contributed by atoms with van der Waals surface area (Å²) in [4.78, 5) is 0. The van der Waals surface area contributed by atoms with E-state index in [-0.39, 0.29) is 16.5 Å². The van der Waals surface area contributed by atoms with Crippen LogP contribution in [0.5, 0.6) is 17.2 Å². The van der Waals surface area contributed by atoms with Crippen LogP contribution < -0.4 is 15.2 Å². The molecule has 0 saturated heterocycles. The lowest BCUT2D eigenvalue weighted by Gasteiger charge is -2.10. The molecule has 0 aliphatic rings. The summed E-state index contributed by atoms with van der Waals surface area (Å²) in [6, 6.07) is 9.45. The van der Waals surface area contributed by atoms with E-state index in [1.807, 2.05) is 6.92 Å². The van der Waals surface area contributed by atoms with Crippen molar-refractivity contribution in [3.05, 3.63) is 47.2 Å². The van der Waals surface area contributed by atoms with E-state index in [1.165, 1.54) is 6.07 Å². The molecule has 2 aromatic rings. The van der Waals surface area contributed by atoms with Gasteiger partial charge in [0.15, 0.2) is 5.75 Å². The maximum atomic E-state index is 13.3. The first-order valence-electron chi connectivity index (χ1n) is 5.75. The van der Waals surface area contributed by atoms with Crippen LogP contribution in [0, 0.1) is 5.82 Å². The Bertz CT molecular complexity index is 572. The molecule has 0 saturated carbocycles. The van der Waals surface area contributed by atoms with E-state index in [1.54, 1.807) is 24.3 Å². The van der Waals surface area contributed by atoms with Crippen molar-refractivity contribution in [2.45, 2.75) is 6.92 Å². The van der Waals surface area contributed by atoms with Gasteiger partial charge in [-0.15, -0.1) is 0 Å². The molecular weight excluding hydrogens is 269 g/mol. The van der Waals surface area contributed by atoms with E-state index in [0.717, 1.165) is 11.8 Å². The van der Waals surface area contributed by atoms with Gasteiger partial charge in [-0.1, -0.05) is 11.6 Å². The van der Waals surface area contributed by atoms with Gasteiger partial charge >= 0.3 is 0 Å². The highest BCUT2D eigenvalue weighted by atomic mass is 35.5. The van der Waals surface area contributed by atoms with Crippen LogP contribution in [0.25, 0.3) is 0 Å². The van der Waals surface area contributed by atoms with Crippen molar-refractivity contribution in [1.82, 2.24) is 0 Å². The number of anilines is 1. The highest BCUT2D eigenvalue weighted by Gasteiger charge is 2.08. The number of rotatable bonds is 4. The molecule has 2 rings (SSSR count). The fourth-order valence-corrected chi connectivity index (χ4v) is 1.70. The normalized spacial score (nSPS) is 10.3. The highest BCUT2D eigenvalue weighted by molar-refractivity contribution is 6.31. The summed E-state index contributed by atoms with van der Waals surface area (Å²) in [5.41, 5.74) is 5.99. The molecule has 2 N–H and O–H groups in total. The number of hydrogen-bond acceptors (Lipinski definition) is 3. The molecule has 100 valence electrons. The average Bonchev–Trinajstić information content (AvgIpc) is 2.38. The van der Waals surface area contributed by atoms with Crippen molar-refractivity contribution in [2.75, 3.05) is 12.3 Å². The standard InChI is InChI=1S/C14H13ClFNO2/c1-2-18-9-3-5-10(6-4-9)19-14-8-12(16)11(15)7-13(14)17/h3-8H,2,17H2,1H3. The lowest BCUT2D eigenvalue weighted by atomic mass is 10.3.